The fourth-order valence-electron chi connectivity index (χ4n) is 2.25. The molecule has 1 aliphatic rings. The zero-order valence-electron chi connectivity index (χ0n) is 11.2. The lowest BCUT2D eigenvalue weighted by Gasteiger charge is -2.05. The fourth-order valence-corrected chi connectivity index (χ4v) is 2.25. The van der Waals surface area contributed by atoms with E-state index in [4.69, 9.17) is 4.52 Å². The summed E-state index contributed by atoms with van der Waals surface area (Å²) in [4.78, 5) is 4.18. The summed E-state index contributed by atoms with van der Waals surface area (Å²) >= 11 is 0. The Hall–Kier alpha value is -1.68. The highest BCUT2D eigenvalue weighted by Crippen LogP contribution is 2.40. The van der Waals surface area contributed by atoms with E-state index in [2.05, 4.69) is 39.7 Å². The Morgan fingerprint density at radius 1 is 1.37 bits per heavy atom. The molecule has 0 spiro atoms. The molecule has 1 aromatic heterocycles. The van der Waals surface area contributed by atoms with Crippen LogP contribution in [-0.4, -0.2) is 16.7 Å². The Morgan fingerprint density at radius 2 is 2.26 bits per heavy atom. The van der Waals surface area contributed by atoms with E-state index < -0.39 is 0 Å². The third-order valence-corrected chi connectivity index (χ3v) is 3.42. The van der Waals surface area contributed by atoms with E-state index in [1.54, 1.807) is 0 Å². The Labute approximate surface area is 113 Å². The molecule has 3 rings (SSSR count). The number of rotatable bonds is 6. The normalized spacial score (nSPS) is 14.8. The van der Waals surface area contributed by atoms with Gasteiger partial charge in [0.15, 0.2) is 5.82 Å². The molecule has 1 aliphatic carbocycles. The van der Waals surface area contributed by atoms with E-state index in [0.29, 0.717) is 5.89 Å². The van der Waals surface area contributed by atoms with Crippen LogP contribution in [0.5, 0.6) is 0 Å². The van der Waals surface area contributed by atoms with E-state index in [-0.39, 0.29) is 0 Å². The largest absolute Gasteiger partial charge is 0.340 e. The van der Waals surface area contributed by atoms with Gasteiger partial charge in [-0.25, -0.2) is 0 Å². The molecule has 0 unspecified atom stereocenters. The second-order valence-corrected chi connectivity index (χ2v) is 5.18. The van der Waals surface area contributed by atoms with Gasteiger partial charge >= 0.3 is 0 Å². The van der Waals surface area contributed by atoms with E-state index in [1.165, 1.54) is 24.0 Å². The molecule has 0 aliphatic heterocycles. The summed E-state index contributed by atoms with van der Waals surface area (Å²) in [6.45, 7) is 3.58. The van der Waals surface area contributed by atoms with Crippen molar-refractivity contribution in [2.24, 2.45) is 0 Å². The topological polar surface area (TPSA) is 51.0 Å². The molecule has 4 nitrogen and oxygen atoms in total. The van der Waals surface area contributed by atoms with Crippen molar-refractivity contribution in [3.05, 3.63) is 47.1 Å². The van der Waals surface area contributed by atoms with Gasteiger partial charge in [0.05, 0.1) is 0 Å². The third-order valence-electron chi connectivity index (χ3n) is 3.42. The molecule has 0 bridgehead atoms. The number of nitrogens with zero attached hydrogens (tertiary/aromatic N) is 2. The SMILES string of the molecule is Cc1nc(CCNCc2cccc(C3CC3)c2)no1. The van der Waals surface area contributed by atoms with Crippen LogP contribution >= 0.6 is 0 Å². The van der Waals surface area contributed by atoms with Crippen molar-refractivity contribution in [3.8, 4) is 0 Å². The molecular formula is C15H19N3O. The van der Waals surface area contributed by atoms with Gasteiger partial charge in [0.1, 0.15) is 0 Å². The third kappa shape index (κ3) is 3.41. The Balaban J connectivity index is 1.45. The molecule has 0 amide bonds. The molecule has 1 fully saturated rings. The maximum Gasteiger partial charge on any atom is 0.223 e. The van der Waals surface area contributed by atoms with Crippen LogP contribution in [0.15, 0.2) is 28.8 Å². The van der Waals surface area contributed by atoms with E-state index in [1.807, 2.05) is 6.92 Å². The predicted octanol–water partition coefficient (Wildman–Crippen LogP) is 2.59. The molecule has 1 saturated carbocycles. The minimum Gasteiger partial charge on any atom is -0.340 e. The lowest BCUT2D eigenvalue weighted by molar-refractivity contribution is 0.387. The number of hydrogen-bond donors (Lipinski definition) is 1. The average Bonchev–Trinajstić information content (AvgIpc) is 3.19. The van der Waals surface area contributed by atoms with Crippen LogP contribution in [0.25, 0.3) is 0 Å². The van der Waals surface area contributed by atoms with Crippen molar-refractivity contribution < 1.29 is 4.52 Å². The molecule has 1 N–H and O–H groups in total. The first-order valence-electron chi connectivity index (χ1n) is 6.90. The summed E-state index contributed by atoms with van der Waals surface area (Å²) in [5.41, 5.74) is 2.85. The molecule has 0 radical (unpaired) electrons. The van der Waals surface area contributed by atoms with Crippen molar-refractivity contribution in [3.63, 3.8) is 0 Å². The van der Waals surface area contributed by atoms with E-state index in [0.717, 1.165) is 31.3 Å². The maximum absolute atomic E-state index is 4.94. The van der Waals surface area contributed by atoms with Crippen LogP contribution in [0.4, 0.5) is 0 Å². The summed E-state index contributed by atoms with van der Waals surface area (Å²) < 4.78 is 4.94. The van der Waals surface area contributed by atoms with Crippen molar-refractivity contribution >= 4 is 0 Å². The smallest absolute Gasteiger partial charge is 0.223 e. The van der Waals surface area contributed by atoms with Crippen molar-refractivity contribution in [2.45, 2.75) is 38.6 Å². The molecule has 1 heterocycles. The highest BCUT2D eigenvalue weighted by molar-refractivity contribution is 5.29. The van der Waals surface area contributed by atoms with Gasteiger partial charge in [-0.3, -0.25) is 0 Å². The van der Waals surface area contributed by atoms with Gasteiger partial charge in [-0.15, -0.1) is 0 Å². The first kappa shape index (κ1) is 12.4. The molecule has 100 valence electrons. The van der Waals surface area contributed by atoms with Crippen LogP contribution in [0.1, 0.15) is 41.6 Å². The predicted molar refractivity (Wildman–Crippen MR) is 72.9 cm³/mol. The highest BCUT2D eigenvalue weighted by atomic mass is 16.5. The molecule has 4 heteroatoms. The van der Waals surface area contributed by atoms with Gasteiger partial charge in [-0.2, -0.15) is 4.98 Å². The van der Waals surface area contributed by atoms with Crippen molar-refractivity contribution in [1.29, 1.82) is 0 Å². The van der Waals surface area contributed by atoms with Gasteiger partial charge in [-0.1, -0.05) is 29.4 Å². The number of benzene rings is 1. The fraction of sp³-hybridized carbons (Fsp3) is 0.467. The lowest BCUT2D eigenvalue weighted by atomic mass is 10.1. The van der Waals surface area contributed by atoms with E-state index >= 15 is 0 Å². The van der Waals surface area contributed by atoms with Gasteiger partial charge in [0.25, 0.3) is 0 Å². The second kappa shape index (κ2) is 5.53. The van der Waals surface area contributed by atoms with Crippen LogP contribution in [-0.2, 0) is 13.0 Å². The first-order chi connectivity index (χ1) is 9.31. The van der Waals surface area contributed by atoms with Gasteiger partial charge in [-0.05, 0) is 29.9 Å². The van der Waals surface area contributed by atoms with Crippen LogP contribution < -0.4 is 5.32 Å². The molecular weight excluding hydrogens is 238 g/mol. The van der Waals surface area contributed by atoms with Gasteiger partial charge < -0.3 is 9.84 Å². The van der Waals surface area contributed by atoms with Crippen LogP contribution in [0, 0.1) is 6.92 Å². The van der Waals surface area contributed by atoms with Crippen LogP contribution in [0.3, 0.4) is 0 Å². The van der Waals surface area contributed by atoms with Gasteiger partial charge in [0.2, 0.25) is 5.89 Å². The number of hydrogen-bond acceptors (Lipinski definition) is 4. The number of aromatic nitrogens is 2. The minimum absolute atomic E-state index is 0.632. The molecule has 2 aromatic rings. The average molecular weight is 257 g/mol. The highest BCUT2D eigenvalue weighted by Gasteiger charge is 2.23. The summed E-state index contributed by atoms with van der Waals surface area (Å²) in [5, 5.41) is 7.30. The monoisotopic (exact) mass is 257 g/mol. The zero-order valence-corrected chi connectivity index (χ0v) is 11.2. The number of nitrogens with one attached hydrogen (secondary N) is 1. The Kier molecular flexibility index (Phi) is 3.60. The standard InChI is InChI=1S/C15H19N3O/c1-11-17-15(18-19-11)7-8-16-10-12-3-2-4-14(9-12)13-5-6-13/h2-4,9,13,16H,5-8,10H2,1H3. The van der Waals surface area contributed by atoms with E-state index in [9.17, 15) is 0 Å². The Bertz CT molecular complexity index is 546. The summed E-state index contributed by atoms with van der Waals surface area (Å²) in [6, 6.07) is 8.90. The molecule has 0 saturated heterocycles. The van der Waals surface area contributed by atoms with Crippen LogP contribution in [0.2, 0.25) is 0 Å². The lowest BCUT2D eigenvalue weighted by Crippen LogP contribution is -2.17. The summed E-state index contributed by atoms with van der Waals surface area (Å²) in [7, 11) is 0. The van der Waals surface area contributed by atoms with Gasteiger partial charge in [0, 0.05) is 26.4 Å². The quantitative estimate of drug-likeness (QED) is 0.808. The second-order valence-electron chi connectivity index (χ2n) is 5.18. The molecule has 19 heavy (non-hydrogen) atoms. The zero-order chi connectivity index (χ0) is 13.1. The van der Waals surface area contributed by atoms with Crippen molar-refractivity contribution in [1.82, 2.24) is 15.5 Å². The number of aryl methyl sites for hydroxylation is 1. The maximum atomic E-state index is 4.94. The molecule has 0 atom stereocenters. The Morgan fingerprint density at radius 3 is 3.00 bits per heavy atom. The summed E-state index contributed by atoms with van der Waals surface area (Å²) in [6.07, 6.45) is 3.52. The first-order valence-corrected chi connectivity index (χ1v) is 6.90. The minimum atomic E-state index is 0.632. The molecule has 1 aromatic carbocycles. The summed E-state index contributed by atoms with van der Waals surface area (Å²) in [5.74, 6) is 2.23. The van der Waals surface area contributed by atoms with Crippen molar-refractivity contribution in [2.75, 3.05) is 6.54 Å².